The highest BCUT2D eigenvalue weighted by Gasteiger charge is 2.41. The summed E-state index contributed by atoms with van der Waals surface area (Å²) in [5, 5.41) is 20.9. The second kappa shape index (κ2) is 8.84. The summed E-state index contributed by atoms with van der Waals surface area (Å²) in [7, 11) is 6.46. The first kappa shape index (κ1) is 23.6. The van der Waals surface area contributed by atoms with Gasteiger partial charge in [-0.3, -0.25) is 9.69 Å². The molecule has 1 unspecified atom stereocenters. The molecule has 3 N–H and O–H groups in total. The van der Waals surface area contributed by atoms with Crippen molar-refractivity contribution in [1.82, 2.24) is 19.4 Å². The smallest absolute Gasteiger partial charge is 0.345 e. The second-order valence-electron chi connectivity index (χ2n) is 10.5. The molecule has 2 fully saturated rings. The second-order valence-corrected chi connectivity index (χ2v) is 10.5. The summed E-state index contributed by atoms with van der Waals surface area (Å²) in [6, 6.07) is 8.85. The maximum absolute atomic E-state index is 12.4. The first-order valence-electron chi connectivity index (χ1n) is 12.4. The molecule has 8 heteroatoms. The van der Waals surface area contributed by atoms with Gasteiger partial charge in [0.1, 0.15) is 5.75 Å². The molecule has 1 aliphatic heterocycles. The molecular weight excluding hydrogens is 444 g/mol. The Kier molecular flexibility index (Phi) is 5.97. The van der Waals surface area contributed by atoms with E-state index in [4.69, 9.17) is 0 Å². The number of carbonyl (C=O) groups is 1. The summed E-state index contributed by atoms with van der Waals surface area (Å²) in [5.41, 5.74) is 2.58. The van der Waals surface area contributed by atoms with Gasteiger partial charge in [-0.1, -0.05) is 13.0 Å². The van der Waals surface area contributed by atoms with Gasteiger partial charge in [-0.05, 0) is 69.0 Å². The number of likely N-dealkylation sites (tertiary alicyclic amines) is 1. The molecule has 1 saturated heterocycles. The lowest BCUT2D eigenvalue weighted by Crippen LogP contribution is -2.29. The van der Waals surface area contributed by atoms with Crippen molar-refractivity contribution in [2.75, 3.05) is 27.2 Å². The quantitative estimate of drug-likeness (QED) is 0.503. The summed E-state index contributed by atoms with van der Waals surface area (Å²) in [6.07, 6.45) is 2.97. The van der Waals surface area contributed by atoms with E-state index in [-0.39, 0.29) is 0 Å². The lowest BCUT2D eigenvalue weighted by molar-refractivity contribution is 0.0691. The minimum atomic E-state index is -1.43. The summed E-state index contributed by atoms with van der Waals surface area (Å²) in [4.78, 5) is 31.5. The summed E-state index contributed by atoms with van der Waals surface area (Å²) < 4.78 is 2.23. The van der Waals surface area contributed by atoms with E-state index in [1.165, 1.54) is 18.5 Å². The third kappa shape index (κ3) is 4.04. The van der Waals surface area contributed by atoms with E-state index in [2.05, 4.69) is 46.6 Å². The molecule has 0 amide bonds. The van der Waals surface area contributed by atoms with Crippen molar-refractivity contribution in [3.05, 3.63) is 51.4 Å². The SMILES string of the molecule is CCc1c(-c2ccc3c(c2)cc(CN2C[C@H]4CC(N(C)C)C[C@H]4C2)n3C)[nH]c(=O)c(C(=O)O)c1O. The van der Waals surface area contributed by atoms with Crippen LogP contribution < -0.4 is 5.56 Å². The van der Waals surface area contributed by atoms with E-state index < -0.39 is 22.8 Å². The van der Waals surface area contributed by atoms with Crippen molar-refractivity contribution in [3.8, 4) is 17.0 Å². The van der Waals surface area contributed by atoms with Crippen LogP contribution in [0.3, 0.4) is 0 Å². The van der Waals surface area contributed by atoms with Crippen LogP contribution in [0.25, 0.3) is 22.2 Å². The fraction of sp³-hybridized carbons (Fsp3) is 0.481. The fourth-order valence-corrected chi connectivity index (χ4v) is 6.28. The highest BCUT2D eigenvalue weighted by atomic mass is 16.4. The topological polar surface area (TPSA) is 102 Å². The molecule has 2 aromatic heterocycles. The van der Waals surface area contributed by atoms with Crippen molar-refractivity contribution in [3.63, 3.8) is 0 Å². The van der Waals surface area contributed by atoms with E-state index in [1.807, 2.05) is 25.1 Å². The minimum absolute atomic E-state index is 0.391. The van der Waals surface area contributed by atoms with Gasteiger partial charge in [0.05, 0.1) is 5.69 Å². The van der Waals surface area contributed by atoms with Gasteiger partial charge in [0, 0.05) is 54.9 Å². The Morgan fingerprint density at radius 2 is 1.86 bits per heavy atom. The number of aryl methyl sites for hydroxylation is 1. The molecule has 5 rings (SSSR count). The van der Waals surface area contributed by atoms with Gasteiger partial charge in [-0.15, -0.1) is 0 Å². The first-order chi connectivity index (χ1) is 16.7. The van der Waals surface area contributed by atoms with Gasteiger partial charge >= 0.3 is 5.97 Å². The highest BCUT2D eigenvalue weighted by molar-refractivity contribution is 5.92. The molecule has 0 radical (unpaired) electrons. The molecule has 3 aromatic rings. The fourth-order valence-electron chi connectivity index (χ4n) is 6.28. The largest absolute Gasteiger partial charge is 0.506 e. The Morgan fingerprint density at radius 3 is 2.46 bits per heavy atom. The molecule has 3 atom stereocenters. The Bertz CT molecular complexity index is 1340. The predicted molar refractivity (Wildman–Crippen MR) is 136 cm³/mol. The number of carboxylic acid groups (broad SMARTS) is 1. The Labute approximate surface area is 204 Å². The summed E-state index contributed by atoms with van der Waals surface area (Å²) in [5.74, 6) is -0.316. The van der Waals surface area contributed by atoms with Crippen molar-refractivity contribution in [1.29, 1.82) is 0 Å². The number of aromatic nitrogens is 2. The van der Waals surface area contributed by atoms with E-state index in [9.17, 15) is 19.8 Å². The third-order valence-electron chi connectivity index (χ3n) is 8.21. The van der Waals surface area contributed by atoms with E-state index >= 15 is 0 Å². The van der Waals surface area contributed by atoms with Gasteiger partial charge in [0.15, 0.2) is 5.56 Å². The van der Waals surface area contributed by atoms with Gasteiger partial charge in [-0.2, -0.15) is 0 Å². The zero-order chi connectivity index (χ0) is 25.0. The van der Waals surface area contributed by atoms with E-state index in [0.717, 1.165) is 47.9 Å². The monoisotopic (exact) mass is 478 g/mol. The highest BCUT2D eigenvalue weighted by Crippen LogP contribution is 2.40. The van der Waals surface area contributed by atoms with E-state index in [1.54, 1.807) is 0 Å². The molecule has 186 valence electrons. The molecule has 8 nitrogen and oxygen atoms in total. The van der Waals surface area contributed by atoms with Crippen molar-refractivity contribution in [2.24, 2.45) is 18.9 Å². The molecule has 0 spiro atoms. The van der Waals surface area contributed by atoms with Gasteiger partial charge in [0.2, 0.25) is 0 Å². The van der Waals surface area contributed by atoms with Crippen molar-refractivity contribution >= 4 is 16.9 Å². The van der Waals surface area contributed by atoms with Crippen LogP contribution in [-0.2, 0) is 20.0 Å². The zero-order valence-corrected chi connectivity index (χ0v) is 20.8. The normalized spacial score (nSPS) is 22.4. The minimum Gasteiger partial charge on any atom is -0.506 e. The maximum atomic E-state index is 12.4. The molecule has 1 aromatic carbocycles. The van der Waals surface area contributed by atoms with Gasteiger partial charge in [-0.25, -0.2) is 4.79 Å². The van der Waals surface area contributed by atoms with Crippen LogP contribution in [0.1, 0.15) is 41.4 Å². The number of hydrogen-bond acceptors (Lipinski definition) is 5. The van der Waals surface area contributed by atoms with Crippen LogP contribution in [0, 0.1) is 11.8 Å². The lowest BCUT2D eigenvalue weighted by Gasteiger charge is -2.23. The number of rotatable bonds is 6. The van der Waals surface area contributed by atoms with Crippen LogP contribution >= 0.6 is 0 Å². The molecular formula is C27H34N4O4. The predicted octanol–water partition coefficient (Wildman–Crippen LogP) is 3.27. The van der Waals surface area contributed by atoms with Crippen molar-refractivity contribution < 1.29 is 15.0 Å². The number of fused-ring (bicyclic) bond motifs is 2. The molecule has 1 saturated carbocycles. The standard InChI is InChI=1S/C27H34N4O4/c1-5-21-24(28-26(33)23(25(21)32)27(34)35)15-6-7-22-16(8-15)9-20(30(22)4)14-31-12-17-10-19(29(2)3)11-18(17)13-31/h6-9,17-19H,5,10-14H2,1-4H3,(H,34,35)(H2,28,32,33)/t17-,18+,19?. The molecule has 0 bridgehead atoms. The first-order valence-corrected chi connectivity index (χ1v) is 12.4. The number of pyridine rings is 1. The number of benzene rings is 1. The Balaban J connectivity index is 1.42. The number of nitrogens with zero attached hydrogens (tertiary/aromatic N) is 3. The number of nitrogens with one attached hydrogen (secondary N) is 1. The summed E-state index contributed by atoms with van der Waals surface area (Å²) >= 11 is 0. The number of hydrogen-bond donors (Lipinski definition) is 3. The van der Waals surface area contributed by atoms with E-state index in [0.29, 0.717) is 23.7 Å². The number of carboxylic acids is 1. The van der Waals surface area contributed by atoms with Crippen LogP contribution in [0.4, 0.5) is 0 Å². The molecule has 35 heavy (non-hydrogen) atoms. The molecule has 2 aliphatic rings. The Morgan fingerprint density at radius 1 is 1.17 bits per heavy atom. The molecule has 3 heterocycles. The molecule has 1 aliphatic carbocycles. The van der Waals surface area contributed by atoms with Gasteiger partial charge in [0.25, 0.3) is 5.56 Å². The zero-order valence-electron chi connectivity index (χ0n) is 20.8. The van der Waals surface area contributed by atoms with Crippen LogP contribution in [0.2, 0.25) is 0 Å². The number of aromatic hydroxyl groups is 1. The maximum Gasteiger partial charge on any atom is 0.345 e. The Hall–Kier alpha value is -3.10. The number of H-pyrrole nitrogens is 1. The van der Waals surface area contributed by atoms with Crippen LogP contribution in [-0.4, -0.2) is 68.8 Å². The lowest BCUT2D eigenvalue weighted by atomic mass is 9.99. The van der Waals surface area contributed by atoms with Crippen LogP contribution in [0.5, 0.6) is 5.75 Å². The average molecular weight is 479 g/mol. The van der Waals surface area contributed by atoms with Crippen molar-refractivity contribution in [2.45, 2.75) is 38.8 Å². The number of aromatic amines is 1. The average Bonchev–Trinajstić information content (AvgIpc) is 3.45. The van der Waals surface area contributed by atoms with Gasteiger partial charge < -0.3 is 24.7 Å². The third-order valence-corrected chi connectivity index (χ3v) is 8.21. The number of aromatic carboxylic acids is 1. The van der Waals surface area contributed by atoms with Crippen LogP contribution in [0.15, 0.2) is 29.1 Å². The summed E-state index contributed by atoms with van der Waals surface area (Å²) in [6.45, 7) is 5.04.